The lowest BCUT2D eigenvalue weighted by Gasteiger charge is -2.04. The number of nitro groups is 2. The number of hydrogen-bond acceptors (Lipinski definition) is 6. The molecule has 202 valence electrons. The third-order valence-electron chi connectivity index (χ3n) is 7.19. The summed E-state index contributed by atoms with van der Waals surface area (Å²) < 4.78 is 0. The summed E-state index contributed by atoms with van der Waals surface area (Å²) in [4.78, 5) is 39.7. The van der Waals surface area contributed by atoms with Crippen LogP contribution in [0.25, 0.3) is 68.6 Å². The minimum Gasteiger partial charge on any atom is -0.349 e. The quantitative estimate of drug-likeness (QED) is 0.168. The van der Waals surface area contributed by atoms with Crippen LogP contribution in [0.1, 0.15) is 22.8 Å². The van der Waals surface area contributed by atoms with Gasteiger partial charge >= 0.3 is 11.4 Å². The zero-order valence-electron chi connectivity index (χ0n) is 21.8. The number of nitrogens with zero attached hydrogens (tertiary/aromatic N) is 4. The monoisotopic (exact) mass is 552 g/mol. The van der Waals surface area contributed by atoms with Gasteiger partial charge in [0, 0.05) is 22.2 Å². The Morgan fingerprint density at radius 2 is 0.857 bits per heavy atom. The van der Waals surface area contributed by atoms with Gasteiger partial charge in [-0.3, -0.25) is 20.2 Å². The van der Waals surface area contributed by atoms with Crippen molar-refractivity contribution in [3.05, 3.63) is 128 Å². The van der Waals surface area contributed by atoms with E-state index in [1.807, 2.05) is 60.7 Å². The molecule has 0 saturated heterocycles. The Labute approximate surface area is 237 Å². The van der Waals surface area contributed by atoms with Gasteiger partial charge in [-0.2, -0.15) is 0 Å². The Morgan fingerprint density at radius 3 is 1.26 bits per heavy atom. The van der Waals surface area contributed by atoms with E-state index in [-0.39, 0.29) is 22.8 Å². The first kappa shape index (κ1) is 24.9. The first-order valence-corrected chi connectivity index (χ1v) is 13.0. The fourth-order valence-electron chi connectivity index (χ4n) is 5.38. The molecule has 5 aromatic rings. The highest BCUT2D eigenvalue weighted by molar-refractivity contribution is 5.96. The third kappa shape index (κ3) is 4.14. The summed E-state index contributed by atoms with van der Waals surface area (Å²) in [6.45, 7) is 0. The summed E-state index contributed by atoms with van der Waals surface area (Å²) in [5.74, 6) is 0. The summed E-state index contributed by atoms with van der Waals surface area (Å²) >= 11 is 0. The van der Waals surface area contributed by atoms with E-state index in [1.54, 1.807) is 48.6 Å². The van der Waals surface area contributed by atoms with E-state index in [0.717, 1.165) is 11.1 Å². The Bertz CT molecular complexity index is 2010. The van der Waals surface area contributed by atoms with Gasteiger partial charge in [-0.05, 0) is 59.7 Å². The fourth-order valence-corrected chi connectivity index (χ4v) is 5.38. The largest absolute Gasteiger partial charge is 0.349 e. The predicted molar refractivity (Wildman–Crippen MR) is 163 cm³/mol. The lowest BCUT2D eigenvalue weighted by atomic mass is 10.0. The molecule has 2 N–H and O–H groups in total. The fraction of sp³-hybridized carbons (Fsp3) is 0. The number of benzene rings is 2. The minimum atomic E-state index is -0.469. The summed E-state index contributed by atoms with van der Waals surface area (Å²) in [5, 5.41) is 24.8. The minimum absolute atomic E-state index is 0.129. The second-order valence-electron chi connectivity index (χ2n) is 9.70. The zero-order chi connectivity index (χ0) is 28.8. The van der Waals surface area contributed by atoms with E-state index in [4.69, 9.17) is 0 Å². The van der Waals surface area contributed by atoms with Gasteiger partial charge in [0.25, 0.3) is 0 Å². The van der Waals surface area contributed by atoms with Gasteiger partial charge < -0.3 is 9.97 Å². The van der Waals surface area contributed by atoms with Crippen molar-refractivity contribution in [2.75, 3.05) is 0 Å². The number of H-pyrrole nitrogens is 2. The Balaban J connectivity index is 1.70. The van der Waals surface area contributed by atoms with E-state index < -0.39 is 9.85 Å². The molecule has 3 aromatic heterocycles. The van der Waals surface area contributed by atoms with E-state index in [1.165, 1.54) is 0 Å². The molecule has 5 heterocycles. The van der Waals surface area contributed by atoms with Crippen LogP contribution >= 0.6 is 0 Å². The van der Waals surface area contributed by atoms with Gasteiger partial charge in [-0.15, -0.1) is 0 Å². The van der Waals surface area contributed by atoms with Crippen LogP contribution in [0.4, 0.5) is 11.4 Å². The number of fused-ring (bicyclic) bond motifs is 8. The number of aromatic nitrogens is 4. The van der Waals surface area contributed by atoms with E-state index in [9.17, 15) is 20.2 Å². The number of nitrogens with one attached hydrogen (secondary N) is 2. The van der Waals surface area contributed by atoms with Gasteiger partial charge in [0.2, 0.25) is 0 Å². The standard InChI is InChI=1S/C32H20N6O4/c39-37(40)31-25-15-11-21(33-25)29(19-7-3-1-4-8-19)22-12-16-26(34-22)32(38(41)42)28-18-14-24(36-28)30(20-9-5-2-6-10-20)23-13-17-27(31)35-23/h1-18,33,35H. The number of rotatable bonds is 4. The second kappa shape index (κ2) is 9.79. The zero-order valence-corrected chi connectivity index (χ0v) is 21.8. The molecule has 42 heavy (non-hydrogen) atoms. The summed E-state index contributed by atoms with van der Waals surface area (Å²) in [5.41, 5.74) is 5.54. The smallest absolute Gasteiger partial charge is 0.320 e. The van der Waals surface area contributed by atoms with Crippen LogP contribution in [0.15, 0.2) is 84.9 Å². The van der Waals surface area contributed by atoms with Crippen LogP contribution in [0, 0.1) is 20.2 Å². The average molecular weight is 553 g/mol. The molecule has 10 nitrogen and oxygen atoms in total. The summed E-state index contributed by atoms with van der Waals surface area (Å²) in [7, 11) is 0. The van der Waals surface area contributed by atoms with Crippen LogP contribution in [0.2, 0.25) is 0 Å². The molecular formula is C32H20N6O4. The van der Waals surface area contributed by atoms with Gasteiger partial charge in [-0.1, -0.05) is 60.7 Å². The van der Waals surface area contributed by atoms with Crippen molar-refractivity contribution >= 4 is 57.7 Å². The first-order chi connectivity index (χ1) is 20.5. The molecule has 2 aliphatic rings. The van der Waals surface area contributed by atoms with Gasteiger partial charge in [0.15, 0.2) is 0 Å². The predicted octanol–water partition coefficient (Wildman–Crippen LogP) is 7.81. The van der Waals surface area contributed by atoms with Crippen molar-refractivity contribution in [3.63, 3.8) is 0 Å². The maximum absolute atomic E-state index is 12.4. The summed E-state index contributed by atoms with van der Waals surface area (Å²) in [6, 6.07) is 25.6. The van der Waals surface area contributed by atoms with Crippen molar-refractivity contribution in [2.45, 2.75) is 0 Å². The van der Waals surface area contributed by atoms with Crippen molar-refractivity contribution in [1.29, 1.82) is 0 Å². The molecule has 0 saturated carbocycles. The molecule has 0 fully saturated rings. The average Bonchev–Trinajstić information content (AvgIpc) is 3.80. The molecule has 0 unspecified atom stereocenters. The van der Waals surface area contributed by atoms with Crippen LogP contribution < -0.4 is 0 Å². The van der Waals surface area contributed by atoms with Crippen LogP contribution in [0.3, 0.4) is 0 Å². The van der Waals surface area contributed by atoms with E-state index >= 15 is 0 Å². The van der Waals surface area contributed by atoms with Gasteiger partial charge in [-0.25, -0.2) is 9.97 Å². The van der Waals surface area contributed by atoms with Crippen LogP contribution in [-0.4, -0.2) is 29.8 Å². The topological polar surface area (TPSA) is 144 Å². The number of hydrogen-bond donors (Lipinski definition) is 2. The normalized spacial score (nSPS) is 12.0. The summed E-state index contributed by atoms with van der Waals surface area (Å²) in [6.07, 6.45) is 6.61. The molecule has 10 heteroatoms. The van der Waals surface area contributed by atoms with E-state index in [2.05, 4.69) is 19.9 Å². The SMILES string of the molecule is O=[N+]([O-])c1c2nc(c(-c3ccccc3)c3ccc([nH]3)c([N+](=O)[O-])c3ccc([nH]3)c(-c3ccccc3)c3nc1C=C3)C=C2. The lowest BCUT2D eigenvalue weighted by molar-refractivity contribution is -0.385. The maximum atomic E-state index is 12.4. The third-order valence-corrected chi connectivity index (χ3v) is 7.19. The highest BCUT2D eigenvalue weighted by Crippen LogP contribution is 2.36. The molecule has 0 atom stereocenters. The van der Waals surface area contributed by atoms with E-state index in [0.29, 0.717) is 44.6 Å². The van der Waals surface area contributed by atoms with Crippen molar-refractivity contribution in [2.24, 2.45) is 0 Å². The van der Waals surface area contributed by atoms with Crippen molar-refractivity contribution < 1.29 is 9.85 Å². The highest BCUT2D eigenvalue weighted by Gasteiger charge is 2.24. The molecule has 2 aliphatic heterocycles. The molecule has 7 rings (SSSR count). The second-order valence-corrected chi connectivity index (χ2v) is 9.70. The van der Waals surface area contributed by atoms with Gasteiger partial charge in [0.05, 0.1) is 21.2 Å². The Hall–Kier alpha value is -6.16. The maximum Gasteiger partial charge on any atom is 0.320 e. The molecule has 0 spiro atoms. The molecule has 0 radical (unpaired) electrons. The molecular weight excluding hydrogens is 532 g/mol. The molecule has 2 aromatic carbocycles. The highest BCUT2D eigenvalue weighted by atomic mass is 16.6. The van der Waals surface area contributed by atoms with Crippen LogP contribution in [-0.2, 0) is 0 Å². The Morgan fingerprint density at radius 1 is 0.476 bits per heavy atom. The number of aromatic amines is 2. The van der Waals surface area contributed by atoms with Crippen molar-refractivity contribution in [3.8, 4) is 22.3 Å². The van der Waals surface area contributed by atoms with Gasteiger partial charge in [0.1, 0.15) is 22.4 Å². The molecule has 0 amide bonds. The first-order valence-electron chi connectivity index (χ1n) is 13.0. The molecule has 0 aliphatic carbocycles. The lowest BCUT2D eigenvalue weighted by Crippen LogP contribution is -1.95. The van der Waals surface area contributed by atoms with Crippen LogP contribution in [0.5, 0.6) is 0 Å². The Kier molecular flexibility index (Phi) is 5.79. The van der Waals surface area contributed by atoms with Crippen molar-refractivity contribution in [1.82, 2.24) is 19.9 Å². The molecule has 8 bridgehead atoms.